The third-order valence-corrected chi connectivity index (χ3v) is 9.03. The number of pyridine rings is 1. The van der Waals surface area contributed by atoms with Crippen LogP contribution < -0.4 is 4.90 Å². The zero-order valence-electron chi connectivity index (χ0n) is 22.0. The standard InChI is InChI=1S/C26H28F5N5O4S/c1-39-20-11-22(35(13-20)17-32)24(37)36(19-4-6-21(7-5-19)41(27,28,29,30)31)23(18-3-2-9-33-12-18)25(38)34-10-8-26(14-34)15-40-16-26/h2-7,9,12,20,22-23H,8,10-11,13-16H2,1H3/t20-,22-,23-/m1/s1. The van der Waals surface area contributed by atoms with Crippen LogP contribution in [-0.2, 0) is 19.1 Å². The van der Waals surface area contributed by atoms with Crippen LogP contribution in [0.1, 0.15) is 24.4 Å². The van der Waals surface area contributed by atoms with Gasteiger partial charge in [0.25, 0.3) is 5.91 Å². The van der Waals surface area contributed by atoms with Crippen molar-refractivity contribution < 1.29 is 38.5 Å². The van der Waals surface area contributed by atoms with Gasteiger partial charge >= 0.3 is 10.2 Å². The number of aromatic nitrogens is 1. The molecule has 4 heterocycles. The Morgan fingerprint density at radius 3 is 2.41 bits per heavy atom. The van der Waals surface area contributed by atoms with E-state index in [4.69, 9.17) is 9.47 Å². The summed E-state index contributed by atoms with van der Waals surface area (Å²) in [6.07, 6.45) is 5.00. The summed E-state index contributed by atoms with van der Waals surface area (Å²) in [6, 6.07) is 2.46. The molecule has 5 rings (SSSR count). The molecular formula is C26H28F5N5O4S. The first-order valence-electron chi connectivity index (χ1n) is 12.8. The molecule has 0 unspecified atom stereocenters. The van der Waals surface area contributed by atoms with E-state index in [1.54, 1.807) is 17.0 Å². The molecule has 1 aromatic carbocycles. The zero-order chi connectivity index (χ0) is 29.7. The monoisotopic (exact) mass is 601 g/mol. The molecule has 9 nitrogen and oxygen atoms in total. The van der Waals surface area contributed by atoms with Crippen LogP contribution in [0.15, 0.2) is 53.7 Å². The number of ether oxygens (including phenoxy) is 2. The second kappa shape index (κ2) is 9.53. The number of carbonyl (C=O) groups excluding carboxylic acids is 2. The topological polar surface area (TPSA) is 99.0 Å². The molecule has 1 spiro atoms. The average Bonchev–Trinajstić information content (AvgIpc) is 3.56. The van der Waals surface area contributed by atoms with Crippen LogP contribution in [0, 0.1) is 16.9 Å². The molecule has 41 heavy (non-hydrogen) atoms. The number of benzene rings is 1. The van der Waals surface area contributed by atoms with E-state index in [0.717, 1.165) is 17.0 Å². The molecule has 3 aliphatic heterocycles. The quantitative estimate of drug-likeness (QED) is 0.337. The van der Waals surface area contributed by atoms with E-state index < -0.39 is 45.1 Å². The fourth-order valence-electron chi connectivity index (χ4n) is 5.60. The normalized spacial score (nSPS) is 24.2. The van der Waals surface area contributed by atoms with Gasteiger partial charge in [0.05, 0.1) is 25.9 Å². The van der Waals surface area contributed by atoms with Gasteiger partial charge in [0.1, 0.15) is 17.0 Å². The van der Waals surface area contributed by atoms with Crippen molar-refractivity contribution in [2.75, 3.05) is 44.9 Å². The number of methoxy groups -OCH3 is 1. The molecule has 3 atom stereocenters. The predicted octanol–water partition coefficient (Wildman–Crippen LogP) is 4.63. The van der Waals surface area contributed by atoms with Crippen LogP contribution >= 0.6 is 10.2 Å². The fraction of sp³-hybridized carbons (Fsp3) is 0.462. The third kappa shape index (κ3) is 5.68. The molecule has 15 heteroatoms. The molecule has 2 aromatic rings. The lowest BCUT2D eigenvalue weighted by molar-refractivity contribution is -0.138. The first-order chi connectivity index (χ1) is 19.1. The van der Waals surface area contributed by atoms with Crippen LogP contribution in [0.2, 0.25) is 0 Å². The Bertz CT molecular complexity index is 1370. The van der Waals surface area contributed by atoms with Crippen LogP contribution in [0.4, 0.5) is 25.1 Å². The number of rotatable bonds is 7. The van der Waals surface area contributed by atoms with Gasteiger partial charge in [-0.25, -0.2) is 0 Å². The number of nitrogens with zero attached hydrogens (tertiary/aromatic N) is 5. The second-order valence-electron chi connectivity index (χ2n) is 10.7. The van der Waals surface area contributed by atoms with Gasteiger partial charge in [-0.15, -0.1) is 0 Å². The molecule has 3 saturated heterocycles. The Labute approximate surface area is 233 Å². The number of halogens is 5. The summed E-state index contributed by atoms with van der Waals surface area (Å²) in [5.41, 5.74) is -0.164. The maximum atomic E-state index is 14.2. The largest absolute Gasteiger partial charge is 0.380 e. The van der Waals surface area contributed by atoms with Gasteiger partial charge in [0.15, 0.2) is 6.19 Å². The Hall–Kier alpha value is -3.48. The van der Waals surface area contributed by atoms with Gasteiger partial charge in [-0.3, -0.25) is 24.4 Å². The lowest BCUT2D eigenvalue weighted by atomic mass is 9.85. The van der Waals surface area contributed by atoms with Crippen molar-refractivity contribution in [2.24, 2.45) is 5.41 Å². The van der Waals surface area contributed by atoms with Crippen molar-refractivity contribution in [3.05, 3.63) is 54.4 Å². The lowest BCUT2D eigenvalue weighted by Crippen LogP contribution is -2.52. The van der Waals surface area contributed by atoms with Gasteiger partial charge in [-0.2, -0.15) is 5.26 Å². The van der Waals surface area contributed by atoms with Crippen molar-refractivity contribution in [3.63, 3.8) is 0 Å². The van der Waals surface area contributed by atoms with E-state index in [1.807, 2.05) is 6.19 Å². The van der Waals surface area contributed by atoms with Crippen molar-refractivity contribution >= 4 is 27.7 Å². The molecule has 0 saturated carbocycles. The number of amides is 2. The minimum Gasteiger partial charge on any atom is -0.380 e. The molecule has 222 valence electrons. The summed E-state index contributed by atoms with van der Waals surface area (Å²) in [6.45, 7) is 1.76. The van der Waals surface area contributed by atoms with Gasteiger partial charge in [-0.05, 0) is 36.8 Å². The maximum absolute atomic E-state index is 14.2. The number of nitriles is 1. The van der Waals surface area contributed by atoms with Gasteiger partial charge in [0, 0.05) is 55.7 Å². The zero-order valence-corrected chi connectivity index (χ0v) is 22.8. The molecule has 0 radical (unpaired) electrons. The molecule has 3 aliphatic rings. The molecule has 3 fully saturated rings. The van der Waals surface area contributed by atoms with E-state index in [1.165, 1.54) is 24.4 Å². The summed E-state index contributed by atoms with van der Waals surface area (Å²) in [7, 11) is -8.60. The number of hydrogen-bond donors (Lipinski definition) is 0. The summed E-state index contributed by atoms with van der Waals surface area (Å²) in [4.78, 5) is 34.1. The maximum Gasteiger partial charge on any atom is 0.310 e. The highest BCUT2D eigenvalue weighted by atomic mass is 32.5. The molecule has 0 bridgehead atoms. The highest BCUT2D eigenvalue weighted by Crippen LogP contribution is 3.02. The van der Waals surface area contributed by atoms with Crippen LogP contribution in [0.3, 0.4) is 0 Å². The first-order valence-corrected chi connectivity index (χ1v) is 14.7. The van der Waals surface area contributed by atoms with E-state index in [9.17, 15) is 34.3 Å². The number of hydrogen-bond acceptors (Lipinski definition) is 7. The van der Waals surface area contributed by atoms with Crippen LogP contribution in [0.5, 0.6) is 0 Å². The summed E-state index contributed by atoms with van der Waals surface area (Å²) < 4.78 is 78.3. The Morgan fingerprint density at radius 2 is 1.90 bits per heavy atom. The Kier molecular flexibility index (Phi) is 6.75. The lowest BCUT2D eigenvalue weighted by Gasteiger charge is -2.41. The average molecular weight is 602 g/mol. The molecule has 0 aliphatic carbocycles. The minimum absolute atomic E-state index is 0.0705. The highest BCUT2D eigenvalue weighted by Gasteiger charge is 2.65. The van der Waals surface area contributed by atoms with E-state index in [-0.39, 0.29) is 41.8 Å². The van der Waals surface area contributed by atoms with Crippen LogP contribution in [0.25, 0.3) is 0 Å². The van der Waals surface area contributed by atoms with Crippen molar-refractivity contribution in [3.8, 4) is 6.19 Å². The number of carbonyl (C=O) groups is 2. The molecule has 0 N–H and O–H groups in total. The molecular weight excluding hydrogens is 573 g/mol. The summed E-state index contributed by atoms with van der Waals surface area (Å²) in [5.74, 6) is -1.29. The van der Waals surface area contributed by atoms with Crippen LogP contribution in [-0.4, -0.2) is 78.7 Å². The molecule has 2 amide bonds. The van der Waals surface area contributed by atoms with Gasteiger partial charge in [0.2, 0.25) is 5.91 Å². The predicted molar refractivity (Wildman–Crippen MR) is 138 cm³/mol. The first kappa shape index (κ1) is 29.0. The smallest absolute Gasteiger partial charge is 0.310 e. The number of anilines is 1. The van der Waals surface area contributed by atoms with Crippen molar-refractivity contribution in [1.82, 2.24) is 14.8 Å². The fourth-order valence-corrected chi connectivity index (χ4v) is 6.25. The van der Waals surface area contributed by atoms with E-state index in [0.29, 0.717) is 32.7 Å². The van der Waals surface area contributed by atoms with E-state index in [2.05, 4.69) is 4.98 Å². The summed E-state index contributed by atoms with van der Waals surface area (Å²) >= 11 is 0. The van der Waals surface area contributed by atoms with Crippen molar-refractivity contribution in [2.45, 2.75) is 35.9 Å². The van der Waals surface area contributed by atoms with Gasteiger partial charge < -0.3 is 14.4 Å². The molecule has 1 aromatic heterocycles. The SMILES string of the molecule is CO[C@@H]1C[C@H](C(=O)N(c2ccc(S(F)(F)(F)(F)F)cc2)[C@@H](C(=O)N2CCC3(COC3)C2)c2cccnc2)N(C#N)C1. The minimum atomic E-state index is -10.0. The number of likely N-dealkylation sites (tertiary alicyclic amines) is 2. The second-order valence-corrected chi connectivity index (χ2v) is 13.1. The third-order valence-electron chi connectivity index (χ3n) is 7.87. The van der Waals surface area contributed by atoms with E-state index >= 15 is 0 Å². The summed E-state index contributed by atoms with van der Waals surface area (Å²) in [5, 5.41) is 9.71. The Morgan fingerprint density at radius 1 is 1.20 bits per heavy atom. The highest BCUT2D eigenvalue weighted by molar-refractivity contribution is 8.45. The Balaban J connectivity index is 1.61. The van der Waals surface area contributed by atoms with Gasteiger partial charge in [-0.1, -0.05) is 25.5 Å². The van der Waals surface area contributed by atoms with Crippen molar-refractivity contribution in [1.29, 1.82) is 5.26 Å².